The summed E-state index contributed by atoms with van der Waals surface area (Å²) in [5.41, 5.74) is 6.37. The van der Waals surface area contributed by atoms with Gasteiger partial charge in [-0.15, -0.1) is 0 Å². The van der Waals surface area contributed by atoms with Crippen molar-refractivity contribution in [3.63, 3.8) is 0 Å². The number of rotatable bonds is 0. The van der Waals surface area contributed by atoms with Gasteiger partial charge in [-0.05, 0) is 41.9 Å². The van der Waals surface area contributed by atoms with Gasteiger partial charge in [0.15, 0.2) is 0 Å². The van der Waals surface area contributed by atoms with E-state index in [0.29, 0.717) is 6.10 Å². The maximum absolute atomic E-state index is 6.48. The lowest BCUT2D eigenvalue weighted by Crippen LogP contribution is -2.53. The fourth-order valence-electron chi connectivity index (χ4n) is 7.09. The molecule has 0 aromatic heterocycles. The largest absolute Gasteiger partial charge is 0.356 e. The molecule has 10 atom stereocenters. The van der Waals surface area contributed by atoms with E-state index < -0.39 is 0 Å². The van der Waals surface area contributed by atoms with Crippen LogP contribution in [0.15, 0.2) is 0 Å². The average Bonchev–Trinajstić information content (AvgIpc) is 2.58. The molecule has 4 bridgehead atoms. The predicted octanol–water partition coefficient (Wildman–Crippen LogP) is 0.428. The van der Waals surface area contributed by atoms with Crippen LogP contribution >= 0.6 is 0 Å². The van der Waals surface area contributed by atoms with Crippen LogP contribution in [0.5, 0.6) is 0 Å². The first-order chi connectivity index (χ1) is 6.32. The third kappa shape index (κ3) is 0.278. The molecule has 5 aliphatic carbocycles. The zero-order chi connectivity index (χ0) is 8.11. The van der Waals surface area contributed by atoms with Crippen LogP contribution in [0.1, 0.15) is 6.42 Å². The van der Waals surface area contributed by atoms with Gasteiger partial charge in [0.25, 0.3) is 0 Å². The zero-order valence-electron chi connectivity index (χ0n) is 7.39. The van der Waals surface area contributed by atoms with Crippen molar-refractivity contribution in [1.29, 1.82) is 0 Å². The summed E-state index contributed by atoms with van der Waals surface area (Å²) in [6.45, 7) is 0. The van der Waals surface area contributed by atoms with Crippen LogP contribution in [0.3, 0.4) is 0 Å². The molecule has 0 amide bonds. The Labute approximate surface area is 76.8 Å². The van der Waals surface area contributed by atoms with Crippen molar-refractivity contribution in [2.24, 2.45) is 53.1 Å². The van der Waals surface area contributed by atoms with Crippen molar-refractivity contribution >= 4 is 0 Å². The van der Waals surface area contributed by atoms with E-state index in [-0.39, 0.29) is 5.72 Å². The Morgan fingerprint density at radius 3 is 2.85 bits per heavy atom. The topological polar surface area (TPSA) is 35.2 Å². The molecule has 5 saturated carbocycles. The molecule has 2 saturated heterocycles. The summed E-state index contributed by atoms with van der Waals surface area (Å²) in [4.78, 5) is 0. The van der Waals surface area contributed by atoms with E-state index in [2.05, 4.69) is 0 Å². The summed E-state index contributed by atoms with van der Waals surface area (Å²) < 4.78 is 6.13. The van der Waals surface area contributed by atoms with Gasteiger partial charge in [-0.3, -0.25) is 0 Å². The molecular formula is C11H13NO. The Hall–Kier alpha value is -0.0800. The number of hydrogen-bond donors (Lipinski definition) is 1. The molecule has 13 heavy (non-hydrogen) atoms. The molecule has 2 heterocycles. The fraction of sp³-hybridized carbons (Fsp3) is 1.00. The van der Waals surface area contributed by atoms with Crippen LogP contribution < -0.4 is 5.73 Å². The lowest BCUT2D eigenvalue weighted by molar-refractivity contribution is -0.0255. The van der Waals surface area contributed by atoms with Gasteiger partial charge in [0.05, 0.1) is 6.10 Å². The smallest absolute Gasteiger partial charge is 0.124 e. The van der Waals surface area contributed by atoms with Crippen LogP contribution in [-0.4, -0.2) is 11.8 Å². The summed E-state index contributed by atoms with van der Waals surface area (Å²) in [7, 11) is 0. The molecule has 0 aromatic carbocycles. The quantitative estimate of drug-likeness (QED) is 0.579. The number of nitrogens with two attached hydrogens (primary N) is 1. The second kappa shape index (κ2) is 1.17. The lowest BCUT2D eigenvalue weighted by Gasteiger charge is -2.44. The van der Waals surface area contributed by atoms with Crippen LogP contribution in [0, 0.1) is 47.3 Å². The minimum absolute atomic E-state index is 0.114. The summed E-state index contributed by atoms with van der Waals surface area (Å²) in [5, 5.41) is 0. The first-order valence-electron chi connectivity index (χ1n) is 5.79. The minimum atomic E-state index is -0.114. The molecule has 0 radical (unpaired) electrons. The normalized spacial score (nSPS) is 93.5. The molecule has 68 valence electrons. The van der Waals surface area contributed by atoms with Gasteiger partial charge in [-0.25, -0.2) is 0 Å². The van der Waals surface area contributed by atoms with Crippen LogP contribution in [0.4, 0.5) is 0 Å². The van der Waals surface area contributed by atoms with Gasteiger partial charge in [0.2, 0.25) is 0 Å². The molecule has 0 unspecified atom stereocenters. The van der Waals surface area contributed by atoms with E-state index in [1.165, 1.54) is 6.42 Å². The number of ether oxygens (including phenoxy) is 1. The van der Waals surface area contributed by atoms with E-state index in [0.717, 1.165) is 47.3 Å². The van der Waals surface area contributed by atoms with Gasteiger partial charge in [0, 0.05) is 11.8 Å². The van der Waals surface area contributed by atoms with Gasteiger partial charge in [0.1, 0.15) is 5.72 Å². The summed E-state index contributed by atoms with van der Waals surface area (Å²) in [6, 6.07) is 0. The van der Waals surface area contributed by atoms with E-state index in [4.69, 9.17) is 10.5 Å². The number of hydrogen-bond acceptors (Lipinski definition) is 2. The van der Waals surface area contributed by atoms with Gasteiger partial charge in [-0.2, -0.15) is 0 Å². The Kier molecular flexibility index (Phi) is 0.513. The molecule has 7 fully saturated rings. The fourth-order valence-corrected chi connectivity index (χ4v) is 7.09. The second-order valence-corrected chi connectivity index (χ2v) is 6.36. The highest BCUT2D eigenvalue weighted by atomic mass is 16.5. The monoisotopic (exact) mass is 175 g/mol. The third-order valence-electron chi connectivity index (χ3n) is 6.76. The van der Waals surface area contributed by atoms with Crippen molar-refractivity contribution in [1.82, 2.24) is 0 Å². The molecule has 0 aromatic rings. The molecular weight excluding hydrogens is 162 g/mol. The van der Waals surface area contributed by atoms with Crippen molar-refractivity contribution in [2.45, 2.75) is 18.2 Å². The molecule has 7 rings (SSSR count). The Balaban J connectivity index is 1.84. The van der Waals surface area contributed by atoms with Gasteiger partial charge < -0.3 is 10.5 Å². The van der Waals surface area contributed by atoms with E-state index >= 15 is 0 Å². The molecule has 2 N–H and O–H groups in total. The maximum Gasteiger partial charge on any atom is 0.124 e. The highest BCUT2D eigenvalue weighted by Gasteiger charge is 2.92. The Morgan fingerprint density at radius 2 is 1.92 bits per heavy atom. The average molecular weight is 175 g/mol. The van der Waals surface area contributed by atoms with Crippen molar-refractivity contribution < 1.29 is 4.74 Å². The van der Waals surface area contributed by atoms with E-state index in [1.54, 1.807) is 0 Å². The van der Waals surface area contributed by atoms with E-state index in [1.807, 2.05) is 0 Å². The van der Waals surface area contributed by atoms with Gasteiger partial charge >= 0.3 is 0 Å². The minimum Gasteiger partial charge on any atom is -0.356 e. The Morgan fingerprint density at radius 1 is 1.00 bits per heavy atom. The Bertz CT molecular complexity index is 356. The second-order valence-electron chi connectivity index (χ2n) is 6.36. The summed E-state index contributed by atoms with van der Waals surface area (Å²) in [5.74, 6) is 7.60. The summed E-state index contributed by atoms with van der Waals surface area (Å²) >= 11 is 0. The highest BCUT2D eigenvalue weighted by molar-refractivity contribution is 5.37. The van der Waals surface area contributed by atoms with Crippen molar-refractivity contribution in [3.8, 4) is 0 Å². The lowest BCUT2D eigenvalue weighted by atomic mass is 9.59. The molecule has 2 aliphatic heterocycles. The maximum atomic E-state index is 6.48. The van der Waals surface area contributed by atoms with Gasteiger partial charge in [-0.1, -0.05) is 0 Å². The summed E-state index contributed by atoms with van der Waals surface area (Å²) in [6.07, 6.45) is 2.15. The third-order valence-corrected chi connectivity index (χ3v) is 6.76. The predicted molar refractivity (Wildman–Crippen MR) is 44.3 cm³/mol. The SMILES string of the molecule is N[C@]12O[C@@H]3[C@@H]4[C@H]5[C@H]6C[C@@H]([C@@H]5[C@@H]41)[C@@H]2[C@H]63. The highest BCUT2D eigenvalue weighted by Crippen LogP contribution is 2.89. The molecule has 7 aliphatic rings. The molecule has 0 spiro atoms. The molecule has 2 nitrogen and oxygen atoms in total. The standard InChI is InChI=1S/C11H13NO/c12-11-8-3-1-2-4-5(3)9(11)7(4)10(13-11)6(2)8/h2-10H,1,12H2/t2-,3+,4+,5+,6+,7-,8-,9+,10+,11-/m1/s1. The first kappa shape index (κ1) is 5.72. The molecule has 2 heteroatoms. The van der Waals surface area contributed by atoms with Crippen molar-refractivity contribution in [3.05, 3.63) is 0 Å². The zero-order valence-corrected chi connectivity index (χ0v) is 7.39. The van der Waals surface area contributed by atoms with Crippen LogP contribution in [-0.2, 0) is 4.74 Å². The van der Waals surface area contributed by atoms with Crippen LogP contribution in [0.25, 0.3) is 0 Å². The first-order valence-corrected chi connectivity index (χ1v) is 5.79. The van der Waals surface area contributed by atoms with E-state index in [9.17, 15) is 0 Å². The van der Waals surface area contributed by atoms with Crippen LogP contribution in [0.2, 0.25) is 0 Å². The van der Waals surface area contributed by atoms with Crippen molar-refractivity contribution in [2.75, 3.05) is 0 Å².